The fraction of sp³-hybridized carbons (Fsp3) is 0.923. The van der Waals surface area contributed by atoms with Gasteiger partial charge in [-0.25, -0.2) is 0 Å². The Morgan fingerprint density at radius 1 is 0.794 bits per heavy atom. The van der Waals surface area contributed by atoms with E-state index in [4.69, 9.17) is 13.8 Å². The van der Waals surface area contributed by atoms with Crippen LogP contribution in [0, 0.1) is 0 Å². The Labute approximate surface area is 210 Å². The van der Waals surface area contributed by atoms with Gasteiger partial charge in [-0.05, 0) is 32.1 Å². The highest BCUT2D eigenvalue weighted by molar-refractivity contribution is 7.45. The number of phosphoric ester groups is 1. The molecule has 34 heavy (non-hydrogen) atoms. The highest BCUT2D eigenvalue weighted by Crippen LogP contribution is 2.38. The van der Waals surface area contributed by atoms with Crippen LogP contribution in [-0.2, 0) is 18.3 Å². The van der Waals surface area contributed by atoms with Crippen LogP contribution < -0.4 is 4.89 Å². The van der Waals surface area contributed by atoms with Crippen molar-refractivity contribution in [2.24, 2.45) is 0 Å². The molecule has 1 N–H and O–H groups in total. The molecule has 0 aliphatic heterocycles. The summed E-state index contributed by atoms with van der Waals surface area (Å²) in [4.78, 5) is 11.7. The molecule has 0 radical (unpaired) electrons. The Morgan fingerprint density at radius 3 is 1.88 bits per heavy atom. The maximum atomic E-state index is 11.7. The van der Waals surface area contributed by atoms with Crippen LogP contribution in [0.15, 0.2) is 12.2 Å². The predicted octanol–water partition coefficient (Wildman–Crippen LogP) is 5.61. The van der Waals surface area contributed by atoms with E-state index in [0.29, 0.717) is 17.6 Å². The normalized spacial score (nSPS) is 15.1. The maximum Gasteiger partial charge on any atom is 0.268 e. The molecule has 0 fully saturated rings. The summed E-state index contributed by atoms with van der Waals surface area (Å²) >= 11 is 0. The molecule has 7 nitrogen and oxygen atoms in total. The number of rotatable bonds is 25. The maximum absolute atomic E-state index is 11.7. The van der Waals surface area contributed by atoms with Crippen molar-refractivity contribution in [2.75, 3.05) is 54.1 Å². The van der Waals surface area contributed by atoms with Crippen molar-refractivity contribution in [3.05, 3.63) is 12.2 Å². The molecule has 0 aromatic carbocycles. The molecule has 0 rings (SSSR count). The number of nitrogens with zero attached hydrogens (tertiary/aromatic N) is 1. The molecule has 0 aliphatic carbocycles. The van der Waals surface area contributed by atoms with E-state index in [2.05, 4.69) is 19.1 Å². The lowest BCUT2D eigenvalue weighted by Crippen LogP contribution is -2.37. The summed E-state index contributed by atoms with van der Waals surface area (Å²) in [5.41, 5.74) is 0. The summed E-state index contributed by atoms with van der Waals surface area (Å²) in [5.74, 6) is 0. The minimum absolute atomic E-state index is 0.0491. The van der Waals surface area contributed by atoms with E-state index in [1.165, 1.54) is 77.0 Å². The molecular weight excluding hydrogens is 453 g/mol. The van der Waals surface area contributed by atoms with Gasteiger partial charge in [-0.1, -0.05) is 76.9 Å². The van der Waals surface area contributed by atoms with Crippen molar-refractivity contribution in [3.8, 4) is 0 Å². The molecule has 2 atom stereocenters. The third-order valence-corrected chi connectivity index (χ3v) is 6.51. The van der Waals surface area contributed by atoms with Crippen LogP contribution in [0.1, 0.15) is 96.8 Å². The van der Waals surface area contributed by atoms with Gasteiger partial charge in [0, 0.05) is 6.61 Å². The number of hydrogen-bond acceptors (Lipinski definition) is 6. The lowest BCUT2D eigenvalue weighted by molar-refractivity contribution is -0.870. The zero-order chi connectivity index (χ0) is 25.5. The summed E-state index contributed by atoms with van der Waals surface area (Å²) < 4.78 is 27.2. The number of ether oxygens (including phenoxy) is 1. The zero-order valence-electron chi connectivity index (χ0n) is 22.5. The lowest BCUT2D eigenvalue weighted by atomic mass is 10.1. The van der Waals surface area contributed by atoms with Crippen molar-refractivity contribution >= 4 is 7.82 Å². The second kappa shape index (κ2) is 22.0. The van der Waals surface area contributed by atoms with Gasteiger partial charge in [0.1, 0.15) is 19.3 Å². The number of quaternary nitrogens is 1. The van der Waals surface area contributed by atoms with Crippen LogP contribution in [0.5, 0.6) is 0 Å². The molecule has 0 heterocycles. The van der Waals surface area contributed by atoms with Gasteiger partial charge in [0.25, 0.3) is 7.82 Å². The van der Waals surface area contributed by atoms with Crippen molar-refractivity contribution in [2.45, 2.75) is 103 Å². The lowest BCUT2D eigenvalue weighted by Gasteiger charge is -2.27. The number of allylic oxidation sites excluding steroid dienone is 2. The molecule has 0 amide bonds. The van der Waals surface area contributed by atoms with Crippen LogP contribution in [-0.4, -0.2) is 69.8 Å². The van der Waals surface area contributed by atoms with Gasteiger partial charge in [-0.15, -0.1) is 0 Å². The van der Waals surface area contributed by atoms with Gasteiger partial charge in [0.15, 0.2) is 0 Å². The Balaban J connectivity index is 3.42. The molecule has 8 heteroatoms. The Morgan fingerprint density at radius 2 is 1.32 bits per heavy atom. The zero-order valence-corrected chi connectivity index (χ0v) is 23.4. The summed E-state index contributed by atoms with van der Waals surface area (Å²) in [7, 11) is 1.44. The number of unbranched alkanes of at least 4 members (excludes halogenated alkanes) is 12. The minimum atomic E-state index is -4.39. The fourth-order valence-corrected chi connectivity index (χ4v) is 4.09. The second-order valence-corrected chi connectivity index (χ2v) is 11.7. The molecular formula is C26H54NO6P. The second-order valence-electron chi connectivity index (χ2n) is 10.3. The fourth-order valence-electron chi connectivity index (χ4n) is 3.36. The van der Waals surface area contributed by atoms with Gasteiger partial charge in [0.05, 0.1) is 34.4 Å². The van der Waals surface area contributed by atoms with Crippen LogP contribution >= 0.6 is 7.82 Å². The molecule has 0 aromatic heterocycles. The van der Waals surface area contributed by atoms with E-state index < -0.39 is 13.9 Å². The summed E-state index contributed by atoms with van der Waals surface area (Å²) in [5, 5.41) is 9.83. The Kier molecular flexibility index (Phi) is 21.8. The van der Waals surface area contributed by atoms with Crippen LogP contribution in [0.25, 0.3) is 0 Å². The number of aliphatic hydroxyl groups is 1. The third kappa shape index (κ3) is 26.3. The molecule has 0 spiro atoms. The quantitative estimate of drug-likeness (QED) is 0.0748. The van der Waals surface area contributed by atoms with E-state index in [-0.39, 0.29) is 19.8 Å². The monoisotopic (exact) mass is 507 g/mol. The van der Waals surface area contributed by atoms with E-state index in [1.54, 1.807) is 0 Å². The number of phosphoric acid groups is 1. The standard InChI is InChI=1S/C26H54NO6P/c1-5-6-7-8-9-10-11-12-13-14-15-16-17-18-19-20-22-31-24-26(28)25-33-34(29,30)32-23-21-27(2,3)4/h10-11,26,28H,5-9,12-25H2,1-4H3/b11-10+/t26-/m1/s1. The first kappa shape index (κ1) is 33.7. The van der Waals surface area contributed by atoms with Crippen molar-refractivity contribution < 1.29 is 32.8 Å². The molecule has 204 valence electrons. The van der Waals surface area contributed by atoms with Gasteiger partial charge >= 0.3 is 0 Å². The highest BCUT2D eigenvalue weighted by Gasteiger charge is 2.15. The summed E-state index contributed by atoms with van der Waals surface area (Å²) in [6.45, 7) is 3.12. The first-order valence-electron chi connectivity index (χ1n) is 13.5. The third-order valence-electron chi connectivity index (χ3n) is 5.55. The number of aliphatic hydroxyl groups excluding tert-OH is 1. The highest BCUT2D eigenvalue weighted by atomic mass is 31.2. The van der Waals surface area contributed by atoms with Crippen LogP contribution in [0.3, 0.4) is 0 Å². The van der Waals surface area contributed by atoms with Gasteiger partial charge in [-0.2, -0.15) is 0 Å². The molecule has 0 aromatic rings. The van der Waals surface area contributed by atoms with Crippen LogP contribution in [0.2, 0.25) is 0 Å². The average Bonchev–Trinajstić information content (AvgIpc) is 2.76. The summed E-state index contributed by atoms with van der Waals surface area (Å²) in [6.07, 6.45) is 21.3. The first-order valence-corrected chi connectivity index (χ1v) is 14.9. The van der Waals surface area contributed by atoms with E-state index in [0.717, 1.165) is 12.8 Å². The van der Waals surface area contributed by atoms with Gasteiger partial charge in [0.2, 0.25) is 0 Å². The van der Waals surface area contributed by atoms with Crippen molar-refractivity contribution in [1.29, 1.82) is 0 Å². The molecule has 0 aliphatic rings. The predicted molar refractivity (Wildman–Crippen MR) is 139 cm³/mol. The Bertz CT molecular complexity index is 524. The average molecular weight is 508 g/mol. The van der Waals surface area contributed by atoms with Gasteiger partial charge < -0.3 is 28.3 Å². The minimum Gasteiger partial charge on any atom is -0.756 e. The number of likely N-dealkylation sites (N-methyl/N-ethyl adjacent to an activating group) is 1. The SMILES string of the molecule is CCCCCC/C=C/CCCCCCCCCCOC[C@@H](O)COP(=O)([O-])OCC[N+](C)(C)C. The first-order chi connectivity index (χ1) is 16.2. The van der Waals surface area contributed by atoms with Gasteiger partial charge in [-0.3, -0.25) is 4.57 Å². The number of hydrogen-bond donors (Lipinski definition) is 1. The van der Waals surface area contributed by atoms with E-state index in [9.17, 15) is 14.6 Å². The molecule has 0 saturated carbocycles. The smallest absolute Gasteiger partial charge is 0.268 e. The molecule has 1 unspecified atom stereocenters. The molecule has 0 saturated heterocycles. The Hall–Kier alpha value is -0.270. The summed E-state index contributed by atoms with van der Waals surface area (Å²) in [6, 6.07) is 0. The van der Waals surface area contributed by atoms with Crippen molar-refractivity contribution in [1.82, 2.24) is 0 Å². The molecule has 0 bridgehead atoms. The van der Waals surface area contributed by atoms with E-state index in [1.807, 2.05) is 21.1 Å². The van der Waals surface area contributed by atoms with Crippen LogP contribution in [0.4, 0.5) is 0 Å². The van der Waals surface area contributed by atoms with Crippen molar-refractivity contribution in [3.63, 3.8) is 0 Å². The topological polar surface area (TPSA) is 88.0 Å². The van der Waals surface area contributed by atoms with E-state index >= 15 is 0 Å². The largest absolute Gasteiger partial charge is 0.756 e.